The lowest BCUT2D eigenvalue weighted by Crippen LogP contribution is -2.30. The maximum atomic E-state index is 10.8. The highest BCUT2D eigenvalue weighted by Gasteiger charge is 2.04. The molecular weight excluding hydrogens is 200 g/mol. The molecule has 1 amide bonds. The van der Waals surface area contributed by atoms with Crippen LogP contribution in [0.15, 0.2) is 42.5 Å². The van der Waals surface area contributed by atoms with Gasteiger partial charge in [0, 0.05) is 12.7 Å². The zero-order valence-electron chi connectivity index (χ0n) is 9.18. The van der Waals surface area contributed by atoms with Gasteiger partial charge in [0.15, 0.2) is 0 Å². The second-order valence-electron chi connectivity index (χ2n) is 3.85. The van der Waals surface area contributed by atoms with E-state index >= 15 is 0 Å². The van der Waals surface area contributed by atoms with Crippen LogP contribution in [0.2, 0.25) is 0 Å². The van der Waals surface area contributed by atoms with E-state index in [2.05, 4.69) is 18.2 Å². The number of likely N-dealkylation sites (N-methyl/N-ethyl adjacent to an activating group) is 1. The van der Waals surface area contributed by atoms with Crippen LogP contribution in [0, 0.1) is 0 Å². The summed E-state index contributed by atoms with van der Waals surface area (Å²) in [5.74, 6) is -0.323. The summed E-state index contributed by atoms with van der Waals surface area (Å²) in [4.78, 5) is 12.7. The summed E-state index contributed by atoms with van der Waals surface area (Å²) in [6.45, 7) is 0.234. The molecule has 0 spiro atoms. The van der Waals surface area contributed by atoms with Crippen LogP contribution in [0.3, 0.4) is 0 Å². The first kappa shape index (κ1) is 10.5. The lowest BCUT2D eigenvalue weighted by molar-refractivity contribution is -0.116. The van der Waals surface area contributed by atoms with Crippen molar-refractivity contribution in [3.8, 4) is 0 Å². The van der Waals surface area contributed by atoms with Gasteiger partial charge in [-0.2, -0.15) is 0 Å². The Morgan fingerprint density at radius 3 is 2.56 bits per heavy atom. The predicted octanol–water partition coefficient (Wildman–Crippen LogP) is 1.76. The molecule has 2 aromatic carbocycles. The summed E-state index contributed by atoms with van der Waals surface area (Å²) in [7, 11) is 1.86. The number of nitrogens with zero attached hydrogens (tertiary/aromatic N) is 1. The summed E-state index contributed by atoms with van der Waals surface area (Å²) in [5, 5.41) is 2.36. The Hall–Kier alpha value is -2.03. The molecule has 0 aliphatic carbocycles. The quantitative estimate of drug-likeness (QED) is 0.846. The number of rotatable bonds is 3. The SMILES string of the molecule is CN(CC(N)=O)c1ccc2ccccc2c1. The summed E-state index contributed by atoms with van der Waals surface area (Å²) < 4.78 is 0. The van der Waals surface area contributed by atoms with Gasteiger partial charge in [0.25, 0.3) is 0 Å². The number of primary amides is 1. The Morgan fingerprint density at radius 1 is 1.19 bits per heavy atom. The molecule has 0 aliphatic rings. The Bertz CT molecular complexity index is 522. The van der Waals surface area contributed by atoms with Crippen LogP contribution in [0.25, 0.3) is 10.8 Å². The zero-order valence-corrected chi connectivity index (χ0v) is 9.18. The minimum Gasteiger partial charge on any atom is -0.368 e. The van der Waals surface area contributed by atoms with Crippen LogP contribution < -0.4 is 10.6 Å². The van der Waals surface area contributed by atoms with E-state index in [0.29, 0.717) is 0 Å². The maximum Gasteiger partial charge on any atom is 0.236 e. The second kappa shape index (κ2) is 4.23. The van der Waals surface area contributed by atoms with Crippen molar-refractivity contribution < 1.29 is 4.79 Å². The number of amides is 1. The standard InChI is InChI=1S/C13H14N2O/c1-15(9-13(14)16)12-7-6-10-4-2-3-5-11(10)8-12/h2-8H,9H2,1H3,(H2,14,16). The van der Waals surface area contributed by atoms with Crippen molar-refractivity contribution in [1.82, 2.24) is 0 Å². The predicted molar refractivity (Wildman–Crippen MR) is 66.4 cm³/mol. The second-order valence-corrected chi connectivity index (χ2v) is 3.85. The number of carbonyl (C=O) groups excluding carboxylic acids is 1. The zero-order chi connectivity index (χ0) is 11.5. The Labute approximate surface area is 94.5 Å². The lowest BCUT2D eigenvalue weighted by Gasteiger charge is -2.17. The van der Waals surface area contributed by atoms with E-state index in [4.69, 9.17) is 5.73 Å². The van der Waals surface area contributed by atoms with Crippen LogP contribution in [0.5, 0.6) is 0 Å². The van der Waals surface area contributed by atoms with Crippen molar-refractivity contribution in [2.45, 2.75) is 0 Å². The molecule has 3 nitrogen and oxygen atoms in total. The van der Waals surface area contributed by atoms with Crippen molar-refractivity contribution in [3.63, 3.8) is 0 Å². The van der Waals surface area contributed by atoms with Crippen molar-refractivity contribution in [1.29, 1.82) is 0 Å². The molecule has 0 fully saturated rings. The van der Waals surface area contributed by atoms with Crippen molar-refractivity contribution in [3.05, 3.63) is 42.5 Å². The molecular formula is C13H14N2O. The van der Waals surface area contributed by atoms with Gasteiger partial charge in [-0.15, -0.1) is 0 Å². The first-order valence-electron chi connectivity index (χ1n) is 5.15. The van der Waals surface area contributed by atoms with Crippen molar-refractivity contribution >= 4 is 22.4 Å². The molecule has 0 bridgehead atoms. The Kier molecular flexibility index (Phi) is 2.77. The number of nitrogens with two attached hydrogens (primary N) is 1. The number of hydrogen-bond acceptors (Lipinski definition) is 2. The topological polar surface area (TPSA) is 46.3 Å². The fourth-order valence-electron chi connectivity index (χ4n) is 1.74. The molecule has 2 N–H and O–H groups in total. The van der Waals surface area contributed by atoms with Crippen LogP contribution in [-0.4, -0.2) is 19.5 Å². The van der Waals surface area contributed by atoms with E-state index in [1.54, 1.807) is 0 Å². The van der Waals surface area contributed by atoms with Gasteiger partial charge in [-0.3, -0.25) is 4.79 Å². The van der Waals surface area contributed by atoms with Crippen LogP contribution in [-0.2, 0) is 4.79 Å². The highest BCUT2D eigenvalue weighted by molar-refractivity contribution is 5.87. The first-order chi connectivity index (χ1) is 7.66. The summed E-state index contributed by atoms with van der Waals surface area (Å²) in [6, 6.07) is 14.2. The number of anilines is 1. The van der Waals surface area contributed by atoms with Gasteiger partial charge >= 0.3 is 0 Å². The smallest absolute Gasteiger partial charge is 0.236 e. The third-order valence-corrected chi connectivity index (χ3v) is 2.57. The minimum absolute atomic E-state index is 0.234. The number of benzene rings is 2. The molecule has 0 heterocycles. The molecule has 0 aromatic heterocycles. The van der Waals surface area contributed by atoms with Crippen LogP contribution in [0.4, 0.5) is 5.69 Å². The van der Waals surface area contributed by atoms with Gasteiger partial charge in [0.2, 0.25) is 5.91 Å². The Balaban J connectivity index is 2.35. The fraction of sp³-hybridized carbons (Fsp3) is 0.154. The molecule has 0 radical (unpaired) electrons. The molecule has 82 valence electrons. The van der Waals surface area contributed by atoms with Crippen molar-refractivity contribution in [2.75, 3.05) is 18.5 Å². The molecule has 2 aromatic rings. The third-order valence-electron chi connectivity index (χ3n) is 2.57. The molecule has 0 saturated heterocycles. The fourth-order valence-corrected chi connectivity index (χ4v) is 1.74. The lowest BCUT2D eigenvalue weighted by atomic mass is 10.1. The highest BCUT2D eigenvalue weighted by Crippen LogP contribution is 2.20. The van der Waals surface area contributed by atoms with E-state index in [9.17, 15) is 4.79 Å². The van der Waals surface area contributed by atoms with Crippen LogP contribution >= 0.6 is 0 Å². The monoisotopic (exact) mass is 214 g/mol. The average molecular weight is 214 g/mol. The van der Waals surface area contributed by atoms with Gasteiger partial charge in [-0.1, -0.05) is 30.3 Å². The van der Waals surface area contributed by atoms with Crippen LogP contribution in [0.1, 0.15) is 0 Å². The van der Waals surface area contributed by atoms with Crippen molar-refractivity contribution in [2.24, 2.45) is 5.73 Å². The average Bonchev–Trinajstić information content (AvgIpc) is 2.27. The number of carbonyl (C=O) groups is 1. The van der Waals surface area contributed by atoms with E-state index in [0.717, 1.165) is 11.1 Å². The van der Waals surface area contributed by atoms with E-state index in [1.165, 1.54) is 5.39 Å². The largest absolute Gasteiger partial charge is 0.368 e. The molecule has 16 heavy (non-hydrogen) atoms. The van der Waals surface area contributed by atoms with E-state index in [1.807, 2.05) is 36.2 Å². The summed E-state index contributed by atoms with van der Waals surface area (Å²) >= 11 is 0. The Morgan fingerprint density at radius 2 is 1.88 bits per heavy atom. The number of fused-ring (bicyclic) bond motifs is 1. The van der Waals surface area contributed by atoms with Gasteiger partial charge < -0.3 is 10.6 Å². The van der Waals surface area contributed by atoms with E-state index in [-0.39, 0.29) is 12.5 Å². The molecule has 0 unspecified atom stereocenters. The van der Waals surface area contributed by atoms with Gasteiger partial charge in [0.05, 0.1) is 6.54 Å². The highest BCUT2D eigenvalue weighted by atomic mass is 16.1. The molecule has 0 aliphatic heterocycles. The van der Waals surface area contributed by atoms with E-state index < -0.39 is 0 Å². The molecule has 3 heteroatoms. The van der Waals surface area contributed by atoms with Gasteiger partial charge in [-0.25, -0.2) is 0 Å². The summed E-state index contributed by atoms with van der Waals surface area (Å²) in [5.41, 5.74) is 6.16. The normalized spacial score (nSPS) is 10.3. The molecule has 0 atom stereocenters. The summed E-state index contributed by atoms with van der Waals surface area (Å²) in [6.07, 6.45) is 0. The maximum absolute atomic E-state index is 10.8. The van der Waals surface area contributed by atoms with Gasteiger partial charge in [-0.05, 0) is 22.9 Å². The molecule has 0 saturated carbocycles. The minimum atomic E-state index is -0.323. The number of hydrogen-bond donors (Lipinski definition) is 1. The van der Waals surface area contributed by atoms with Gasteiger partial charge in [0.1, 0.15) is 0 Å². The molecule has 2 rings (SSSR count). The first-order valence-corrected chi connectivity index (χ1v) is 5.15. The third kappa shape index (κ3) is 2.14.